The van der Waals surface area contributed by atoms with Gasteiger partial charge in [0.2, 0.25) is 0 Å². The first kappa shape index (κ1) is 13.9. The normalized spacial score (nSPS) is 17.1. The molecule has 0 fully saturated rings. The van der Waals surface area contributed by atoms with E-state index in [9.17, 15) is 0 Å². The number of rotatable bonds is 6. The Balaban J connectivity index is 3.00. The molecule has 0 aliphatic carbocycles. The second kappa shape index (κ2) is 5.98. The molecule has 16 heavy (non-hydrogen) atoms. The summed E-state index contributed by atoms with van der Waals surface area (Å²) in [6, 6.07) is 1.80. The molecule has 3 N–H and O–H groups in total. The zero-order valence-electron chi connectivity index (χ0n) is 9.92. The number of ether oxygens (including phenoxy) is 1. The summed E-state index contributed by atoms with van der Waals surface area (Å²) >= 11 is 7.73. The molecule has 0 amide bonds. The van der Waals surface area contributed by atoms with E-state index < -0.39 is 0 Å². The lowest BCUT2D eigenvalue weighted by atomic mass is 9.92. The van der Waals surface area contributed by atoms with E-state index in [0.717, 1.165) is 16.3 Å². The Morgan fingerprint density at radius 1 is 1.62 bits per heavy atom. The Bertz CT molecular complexity index is 332. The van der Waals surface area contributed by atoms with Gasteiger partial charge in [-0.2, -0.15) is 0 Å². The monoisotopic (exact) mass is 262 g/mol. The fourth-order valence-corrected chi connectivity index (χ4v) is 3.13. The molecular weight excluding hydrogens is 244 g/mol. The maximum absolute atomic E-state index is 6.14. The summed E-state index contributed by atoms with van der Waals surface area (Å²) in [5.41, 5.74) is 2.49. The van der Waals surface area contributed by atoms with Crippen molar-refractivity contribution in [3.8, 4) is 0 Å². The molecule has 1 aromatic heterocycles. The molecule has 1 rings (SSSR count). The van der Waals surface area contributed by atoms with Crippen LogP contribution in [0.4, 0.5) is 0 Å². The molecule has 2 atom stereocenters. The Kier molecular flexibility index (Phi) is 5.21. The van der Waals surface area contributed by atoms with Crippen molar-refractivity contribution in [2.45, 2.75) is 38.8 Å². The molecule has 5 heteroatoms. The summed E-state index contributed by atoms with van der Waals surface area (Å²) in [7, 11) is 0. The molecule has 0 bridgehead atoms. The molecule has 1 aromatic rings. The first-order chi connectivity index (χ1) is 7.59. The minimum atomic E-state index is -0.335. The topological polar surface area (TPSA) is 47.3 Å². The number of hydrogen-bond acceptors (Lipinski definition) is 4. The van der Waals surface area contributed by atoms with E-state index in [1.165, 1.54) is 0 Å². The summed E-state index contributed by atoms with van der Waals surface area (Å²) in [6.45, 7) is 6.78. The SMILES string of the molecule is CCOC(C)(CC)C(NN)c1sccc1Cl. The van der Waals surface area contributed by atoms with Gasteiger partial charge in [-0.3, -0.25) is 5.84 Å². The third-order valence-electron chi connectivity index (χ3n) is 2.86. The highest BCUT2D eigenvalue weighted by atomic mass is 35.5. The zero-order valence-corrected chi connectivity index (χ0v) is 11.5. The third kappa shape index (κ3) is 2.76. The van der Waals surface area contributed by atoms with Crippen molar-refractivity contribution in [3.05, 3.63) is 21.3 Å². The lowest BCUT2D eigenvalue weighted by Crippen LogP contribution is -2.46. The van der Waals surface area contributed by atoms with Crippen LogP contribution < -0.4 is 11.3 Å². The fourth-order valence-electron chi connectivity index (χ4n) is 1.76. The molecule has 0 aromatic carbocycles. The molecule has 0 radical (unpaired) electrons. The maximum atomic E-state index is 6.14. The number of nitrogens with one attached hydrogen (secondary N) is 1. The van der Waals surface area contributed by atoms with Crippen LogP contribution in [0.2, 0.25) is 5.02 Å². The summed E-state index contributed by atoms with van der Waals surface area (Å²) < 4.78 is 5.82. The molecule has 92 valence electrons. The van der Waals surface area contributed by atoms with Crippen molar-refractivity contribution in [3.63, 3.8) is 0 Å². The number of hydrogen-bond donors (Lipinski definition) is 2. The number of nitrogens with two attached hydrogens (primary N) is 1. The Hall–Kier alpha value is -0.130. The largest absolute Gasteiger partial charge is 0.374 e. The van der Waals surface area contributed by atoms with E-state index in [4.69, 9.17) is 22.2 Å². The molecule has 0 spiro atoms. The summed E-state index contributed by atoms with van der Waals surface area (Å²) in [5.74, 6) is 5.64. The molecule has 2 unspecified atom stereocenters. The van der Waals surface area contributed by atoms with Crippen molar-refractivity contribution >= 4 is 22.9 Å². The van der Waals surface area contributed by atoms with E-state index in [1.54, 1.807) is 11.3 Å². The number of hydrazine groups is 1. The van der Waals surface area contributed by atoms with Gasteiger partial charge in [-0.15, -0.1) is 11.3 Å². The van der Waals surface area contributed by atoms with E-state index in [2.05, 4.69) is 19.3 Å². The molecule has 1 heterocycles. The smallest absolute Gasteiger partial charge is 0.0867 e. The highest BCUT2D eigenvalue weighted by Crippen LogP contribution is 2.38. The van der Waals surface area contributed by atoms with Gasteiger partial charge in [-0.25, -0.2) is 5.43 Å². The van der Waals surface area contributed by atoms with Gasteiger partial charge in [0.25, 0.3) is 0 Å². The van der Waals surface area contributed by atoms with Crippen LogP contribution in [0.5, 0.6) is 0 Å². The van der Waals surface area contributed by atoms with E-state index in [0.29, 0.717) is 6.61 Å². The van der Waals surface area contributed by atoms with E-state index in [-0.39, 0.29) is 11.6 Å². The van der Waals surface area contributed by atoms with Crippen molar-refractivity contribution in [1.29, 1.82) is 0 Å². The van der Waals surface area contributed by atoms with Crippen LogP contribution in [-0.4, -0.2) is 12.2 Å². The standard InChI is InChI=1S/C11H19ClN2OS/c1-4-11(3,15-5-2)10(14-13)9-8(12)6-7-16-9/h6-7,10,14H,4-5,13H2,1-3H3. The lowest BCUT2D eigenvalue weighted by Gasteiger charge is -2.36. The zero-order chi connectivity index (χ0) is 12.2. The van der Waals surface area contributed by atoms with Crippen LogP contribution >= 0.6 is 22.9 Å². The van der Waals surface area contributed by atoms with E-state index in [1.807, 2.05) is 18.4 Å². The third-order valence-corrected chi connectivity index (χ3v) is 4.28. The predicted octanol–water partition coefficient (Wildman–Crippen LogP) is 3.11. The first-order valence-electron chi connectivity index (χ1n) is 5.42. The average Bonchev–Trinajstić information content (AvgIpc) is 2.66. The molecular formula is C11H19ClN2OS. The predicted molar refractivity (Wildman–Crippen MR) is 69.7 cm³/mol. The van der Waals surface area contributed by atoms with Gasteiger partial charge < -0.3 is 4.74 Å². The lowest BCUT2D eigenvalue weighted by molar-refractivity contribution is -0.0555. The maximum Gasteiger partial charge on any atom is 0.0867 e. The molecule has 3 nitrogen and oxygen atoms in total. The fraction of sp³-hybridized carbons (Fsp3) is 0.636. The highest BCUT2D eigenvalue weighted by Gasteiger charge is 2.35. The average molecular weight is 263 g/mol. The number of halogens is 1. The van der Waals surface area contributed by atoms with Gasteiger partial charge in [0.1, 0.15) is 0 Å². The van der Waals surface area contributed by atoms with Crippen molar-refractivity contribution < 1.29 is 4.74 Å². The Labute approximate surface area is 106 Å². The molecule has 0 aliphatic rings. The van der Waals surface area contributed by atoms with Crippen LogP contribution in [-0.2, 0) is 4.74 Å². The first-order valence-corrected chi connectivity index (χ1v) is 6.67. The second-order valence-corrected chi connectivity index (χ2v) is 5.19. The second-order valence-electron chi connectivity index (χ2n) is 3.83. The van der Waals surface area contributed by atoms with Crippen LogP contribution in [0.15, 0.2) is 11.4 Å². The van der Waals surface area contributed by atoms with Gasteiger partial charge in [-0.05, 0) is 31.7 Å². The van der Waals surface area contributed by atoms with Gasteiger partial charge in [0, 0.05) is 11.5 Å². The summed E-state index contributed by atoms with van der Waals surface area (Å²) in [6.07, 6.45) is 0.865. The highest BCUT2D eigenvalue weighted by molar-refractivity contribution is 7.10. The van der Waals surface area contributed by atoms with E-state index >= 15 is 0 Å². The van der Waals surface area contributed by atoms with Crippen molar-refractivity contribution in [1.82, 2.24) is 5.43 Å². The van der Waals surface area contributed by atoms with Crippen LogP contribution in [0.1, 0.15) is 38.1 Å². The molecule has 0 saturated heterocycles. The Morgan fingerprint density at radius 3 is 2.69 bits per heavy atom. The summed E-state index contributed by atoms with van der Waals surface area (Å²) in [5, 5.41) is 2.71. The minimum Gasteiger partial charge on any atom is -0.374 e. The minimum absolute atomic E-state index is 0.0788. The molecule has 0 aliphatic heterocycles. The van der Waals surface area contributed by atoms with Gasteiger partial charge in [0.05, 0.1) is 16.7 Å². The molecule has 0 saturated carbocycles. The quantitative estimate of drug-likeness (QED) is 0.612. The summed E-state index contributed by atoms with van der Waals surface area (Å²) in [4.78, 5) is 1.03. The van der Waals surface area contributed by atoms with Gasteiger partial charge >= 0.3 is 0 Å². The van der Waals surface area contributed by atoms with Gasteiger partial charge in [0.15, 0.2) is 0 Å². The van der Waals surface area contributed by atoms with Crippen molar-refractivity contribution in [2.24, 2.45) is 5.84 Å². The van der Waals surface area contributed by atoms with Crippen LogP contribution in [0, 0.1) is 0 Å². The van der Waals surface area contributed by atoms with Gasteiger partial charge in [-0.1, -0.05) is 18.5 Å². The number of thiophene rings is 1. The van der Waals surface area contributed by atoms with Crippen LogP contribution in [0.25, 0.3) is 0 Å². The van der Waals surface area contributed by atoms with Crippen molar-refractivity contribution in [2.75, 3.05) is 6.61 Å². The van der Waals surface area contributed by atoms with Crippen LogP contribution in [0.3, 0.4) is 0 Å². The Morgan fingerprint density at radius 2 is 2.31 bits per heavy atom.